The zero-order valence-corrected chi connectivity index (χ0v) is 22.5. The van der Waals surface area contributed by atoms with Crippen molar-refractivity contribution in [2.45, 2.75) is 29.7 Å². The smallest absolute Gasteiger partial charge is 0.338 e. The molecule has 0 radical (unpaired) electrons. The first kappa shape index (κ1) is 27.1. The highest BCUT2D eigenvalue weighted by molar-refractivity contribution is 7.99. The molecular weight excluding hydrogens is 524 g/mol. The van der Waals surface area contributed by atoms with Crippen molar-refractivity contribution < 1.29 is 22.7 Å². The molecule has 0 fully saturated rings. The number of para-hydroxylation sites is 1. The molecule has 0 aliphatic carbocycles. The molecule has 11 heteroatoms. The number of sulfone groups is 1. The van der Waals surface area contributed by atoms with Crippen LogP contribution in [0.3, 0.4) is 0 Å². The number of carbonyl (C=O) groups is 2. The molecule has 0 bridgehead atoms. The van der Waals surface area contributed by atoms with Crippen molar-refractivity contribution in [3.63, 3.8) is 0 Å². The van der Waals surface area contributed by atoms with E-state index in [0.29, 0.717) is 22.1 Å². The van der Waals surface area contributed by atoms with Crippen LogP contribution in [0.4, 0.5) is 5.69 Å². The van der Waals surface area contributed by atoms with Crippen LogP contribution in [-0.2, 0) is 25.1 Å². The third kappa shape index (κ3) is 6.67. The first-order valence-electron chi connectivity index (χ1n) is 11.8. The van der Waals surface area contributed by atoms with E-state index in [4.69, 9.17) is 4.74 Å². The van der Waals surface area contributed by atoms with E-state index in [1.165, 1.54) is 0 Å². The zero-order chi connectivity index (χ0) is 27.1. The number of ether oxygens (including phenoxy) is 1. The summed E-state index contributed by atoms with van der Waals surface area (Å²) in [5.74, 6) is -0.821. The van der Waals surface area contributed by atoms with Crippen LogP contribution in [-0.4, -0.2) is 47.4 Å². The lowest BCUT2D eigenvalue weighted by atomic mass is 10.2. The number of benzene rings is 3. The summed E-state index contributed by atoms with van der Waals surface area (Å²) in [6.45, 7) is 3.90. The summed E-state index contributed by atoms with van der Waals surface area (Å²) in [5.41, 5.74) is 2.56. The van der Waals surface area contributed by atoms with E-state index in [-0.39, 0.29) is 34.7 Å². The molecule has 196 valence electrons. The lowest BCUT2D eigenvalue weighted by molar-refractivity contribution is -0.113. The number of carbonyl (C=O) groups excluding carboxylic acids is 2. The van der Waals surface area contributed by atoms with Gasteiger partial charge in [-0.1, -0.05) is 47.7 Å². The highest BCUT2D eigenvalue weighted by atomic mass is 32.2. The van der Waals surface area contributed by atoms with Crippen molar-refractivity contribution in [3.8, 4) is 5.69 Å². The Labute approximate surface area is 225 Å². The van der Waals surface area contributed by atoms with E-state index in [1.807, 2.05) is 37.3 Å². The second-order valence-electron chi connectivity index (χ2n) is 8.28. The molecule has 1 aromatic heterocycles. The minimum absolute atomic E-state index is 0.00923. The average Bonchev–Trinajstić information content (AvgIpc) is 3.30. The van der Waals surface area contributed by atoms with Gasteiger partial charge in [0.15, 0.2) is 20.8 Å². The number of amides is 1. The van der Waals surface area contributed by atoms with E-state index in [9.17, 15) is 18.0 Å². The molecule has 0 saturated heterocycles. The fraction of sp³-hybridized carbons (Fsp3) is 0.185. The number of esters is 1. The number of rotatable bonds is 10. The molecule has 1 heterocycles. The fourth-order valence-corrected chi connectivity index (χ4v) is 5.57. The summed E-state index contributed by atoms with van der Waals surface area (Å²) >= 11 is 1.14. The number of aromatic nitrogens is 3. The Balaban J connectivity index is 1.50. The summed E-state index contributed by atoms with van der Waals surface area (Å²) in [6.07, 6.45) is 0. The highest BCUT2D eigenvalue weighted by Crippen LogP contribution is 2.25. The molecule has 4 rings (SSSR count). The minimum atomic E-state index is -3.68. The van der Waals surface area contributed by atoms with Gasteiger partial charge >= 0.3 is 5.97 Å². The molecule has 38 heavy (non-hydrogen) atoms. The average molecular weight is 551 g/mol. The van der Waals surface area contributed by atoms with Gasteiger partial charge in [0.05, 0.1) is 22.8 Å². The Morgan fingerprint density at radius 2 is 1.63 bits per heavy atom. The Bertz CT molecular complexity index is 1520. The second-order valence-corrected chi connectivity index (χ2v) is 11.2. The summed E-state index contributed by atoms with van der Waals surface area (Å²) in [5, 5.41) is 11.5. The highest BCUT2D eigenvalue weighted by Gasteiger charge is 2.23. The van der Waals surface area contributed by atoms with Gasteiger partial charge in [-0.25, -0.2) is 13.2 Å². The van der Waals surface area contributed by atoms with Gasteiger partial charge in [-0.05, 0) is 62.4 Å². The van der Waals surface area contributed by atoms with Crippen LogP contribution in [0.1, 0.15) is 28.7 Å². The normalized spacial score (nSPS) is 11.2. The lowest BCUT2D eigenvalue weighted by Crippen LogP contribution is -2.15. The van der Waals surface area contributed by atoms with Gasteiger partial charge < -0.3 is 10.1 Å². The quantitative estimate of drug-likeness (QED) is 0.227. The first-order valence-corrected chi connectivity index (χ1v) is 14.4. The third-order valence-electron chi connectivity index (χ3n) is 5.43. The van der Waals surface area contributed by atoms with Crippen LogP contribution < -0.4 is 5.32 Å². The third-order valence-corrected chi connectivity index (χ3v) is 7.98. The summed E-state index contributed by atoms with van der Waals surface area (Å²) in [7, 11) is -3.68. The van der Waals surface area contributed by atoms with Gasteiger partial charge in [-0.3, -0.25) is 9.36 Å². The van der Waals surface area contributed by atoms with Crippen molar-refractivity contribution in [1.82, 2.24) is 14.8 Å². The van der Waals surface area contributed by atoms with Crippen LogP contribution in [0.5, 0.6) is 0 Å². The summed E-state index contributed by atoms with van der Waals surface area (Å²) < 4.78 is 32.8. The maximum Gasteiger partial charge on any atom is 0.338 e. The number of anilines is 1. The Morgan fingerprint density at radius 3 is 2.29 bits per heavy atom. The van der Waals surface area contributed by atoms with E-state index in [0.717, 1.165) is 17.3 Å². The largest absolute Gasteiger partial charge is 0.462 e. The number of nitrogens with one attached hydrogen (secondary N) is 1. The predicted octanol–water partition coefficient (Wildman–Crippen LogP) is 4.46. The Hall–Kier alpha value is -3.96. The molecule has 0 unspecified atom stereocenters. The molecule has 0 aliphatic heterocycles. The van der Waals surface area contributed by atoms with Crippen molar-refractivity contribution in [3.05, 3.63) is 95.8 Å². The van der Waals surface area contributed by atoms with Gasteiger partial charge in [0.1, 0.15) is 5.75 Å². The standard InChI is InChI=1S/C27H26N4O5S2/c1-3-36-26(33)20-11-13-21(14-12-20)28-25(32)17-37-27-30-29-24(31(27)22-7-5-4-6-8-22)18-38(34,35)23-15-9-19(2)10-16-23/h4-16H,3,17-18H2,1-2H3,(H,28,32). The molecule has 4 aromatic rings. The molecule has 1 amide bonds. The molecule has 3 aromatic carbocycles. The van der Waals surface area contributed by atoms with Crippen LogP contribution in [0.25, 0.3) is 5.69 Å². The Kier molecular flexibility index (Phi) is 8.59. The number of aryl methyl sites for hydroxylation is 1. The molecule has 1 N–H and O–H groups in total. The maximum absolute atomic E-state index is 13.1. The molecule has 9 nitrogen and oxygen atoms in total. The molecule has 0 saturated carbocycles. The maximum atomic E-state index is 13.1. The topological polar surface area (TPSA) is 120 Å². The lowest BCUT2D eigenvalue weighted by Gasteiger charge is -2.11. The van der Waals surface area contributed by atoms with Gasteiger partial charge in [-0.2, -0.15) is 0 Å². The summed E-state index contributed by atoms with van der Waals surface area (Å²) in [4.78, 5) is 24.6. The van der Waals surface area contributed by atoms with Gasteiger partial charge in [0.25, 0.3) is 0 Å². The van der Waals surface area contributed by atoms with Crippen molar-refractivity contribution in [2.24, 2.45) is 0 Å². The fourth-order valence-electron chi connectivity index (χ4n) is 3.55. The zero-order valence-electron chi connectivity index (χ0n) is 20.8. The SMILES string of the molecule is CCOC(=O)c1ccc(NC(=O)CSc2nnc(CS(=O)(=O)c3ccc(C)cc3)n2-c2ccccc2)cc1. The molecule has 0 atom stereocenters. The summed E-state index contributed by atoms with van der Waals surface area (Å²) in [6, 6.07) is 22.2. The van der Waals surface area contributed by atoms with Crippen LogP contribution in [0.15, 0.2) is 88.9 Å². The molecular formula is C27H26N4O5S2. The minimum Gasteiger partial charge on any atom is -0.462 e. The van der Waals surface area contributed by atoms with Crippen LogP contribution in [0.2, 0.25) is 0 Å². The van der Waals surface area contributed by atoms with E-state index in [1.54, 1.807) is 60.0 Å². The number of hydrogen-bond donors (Lipinski definition) is 1. The molecule has 0 aliphatic rings. The molecule has 0 spiro atoms. The number of hydrogen-bond acceptors (Lipinski definition) is 8. The van der Waals surface area contributed by atoms with E-state index in [2.05, 4.69) is 15.5 Å². The predicted molar refractivity (Wildman–Crippen MR) is 145 cm³/mol. The van der Waals surface area contributed by atoms with Crippen molar-refractivity contribution in [1.29, 1.82) is 0 Å². The van der Waals surface area contributed by atoms with E-state index < -0.39 is 15.8 Å². The van der Waals surface area contributed by atoms with Crippen LogP contribution >= 0.6 is 11.8 Å². The number of thioether (sulfide) groups is 1. The van der Waals surface area contributed by atoms with E-state index >= 15 is 0 Å². The van der Waals surface area contributed by atoms with Gasteiger partial charge in [0, 0.05) is 11.4 Å². The first-order chi connectivity index (χ1) is 18.3. The second kappa shape index (κ2) is 12.1. The van der Waals surface area contributed by atoms with Crippen LogP contribution in [0, 0.1) is 6.92 Å². The monoisotopic (exact) mass is 550 g/mol. The Morgan fingerprint density at radius 1 is 0.947 bits per heavy atom. The van der Waals surface area contributed by atoms with Gasteiger partial charge in [-0.15, -0.1) is 10.2 Å². The van der Waals surface area contributed by atoms with Crippen molar-refractivity contribution in [2.75, 3.05) is 17.7 Å². The van der Waals surface area contributed by atoms with Gasteiger partial charge in [0.2, 0.25) is 5.91 Å². The van der Waals surface area contributed by atoms with Crippen molar-refractivity contribution >= 4 is 39.2 Å². The number of nitrogens with zero attached hydrogens (tertiary/aromatic N) is 3.